The van der Waals surface area contributed by atoms with E-state index in [-0.39, 0.29) is 0 Å². The van der Waals surface area contributed by atoms with Crippen LogP contribution < -0.4 is 0 Å². The van der Waals surface area contributed by atoms with Crippen LogP contribution in [-0.2, 0) is 12.9 Å². The summed E-state index contributed by atoms with van der Waals surface area (Å²) in [5.74, 6) is 4.99. The van der Waals surface area contributed by atoms with Crippen LogP contribution in [0.25, 0.3) is 0 Å². The fourth-order valence-corrected chi connectivity index (χ4v) is 3.61. The molecular formula is C11H16ClN3. The smallest absolute Gasteiger partial charge is 0.147 e. The predicted molar refractivity (Wildman–Crippen MR) is 58.7 cm³/mol. The zero-order valence-corrected chi connectivity index (χ0v) is 9.74. The normalized spacial score (nSPS) is 33.9. The average Bonchev–Trinajstić information content (AvgIpc) is 2.91. The summed E-state index contributed by atoms with van der Waals surface area (Å²) in [5.41, 5.74) is 0. The molecule has 1 aromatic rings. The van der Waals surface area contributed by atoms with Gasteiger partial charge in [-0.1, -0.05) is 6.42 Å². The van der Waals surface area contributed by atoms with E-state index in [1.807, 2.05) is 7.05 Å². The molecule has 1 aromatic heterocycles. The third-order valence-corrected chi connectivity index (χ3v) is 4.43. The van der Waals surface area contributed by atoms with Crippen molar-refractivity contribution in [2.45, 2.75) is 37.5 Å². The highest BCUT2D eigenvalue weighted by molar-refractivity contribution is 6.16. The minimum absolute atomic E-state index is 0.463. The Kier molecular flexibility index (Phi) is 2.23. The Morgan fingerprint density at radius 1 is 1.33 bits per heavy atom. The van der Waals surface area contributed by atoms with Gasteiger partial charge in [-0.05, 0) is 31.1 Å². The lowest BCUT2D eigenvalue weighted by Crippen LogP contribution is -2.14. The van der Waals surface area contributed by atoms with E-state index in [1.165, 1.54) is 25.7 Å². The van der Waals surface area contributed by atoms with E-state index >= 15 is 0 Å². The van der Waals surface area contributed by atoms with Crippen LogP contribution in [0.3, 0.4) is 0 Å². The van der Waals surface area contributed by atoms with E-state index < -0.39 is 0 Å². The van der Waals surface area contributed by atoms with E-state index in [4.69, 9.17) is 11.6 Å². The van der Waals surface area contributed by atoms with Gasteiger partial charge in [0.25, 0.3) is 0 Å². The highest BCUT2D eigenvalue weighted by Gasteiger charge is 2.42. The summed E-state index contributed by atoms with van der Waals surface area (Å²) in [4.78, 5) is 0. The largest absolute Gasteiger partial charge is 0.317 e. The number of fused-ring (bicyclic) bond motifs is 2. The number of halogens is 1. The first kappa shape index (κ1) is 9.64. The molecule has 82 valence electrons. The Morgan fingerprint density at radius 3 is 2.73 bits per heavy atom. The highest BCUT2D eigenvalue weighted by atomic mass is 35.5. The van der Waals surface area contributed by atoms with Gasteiger partial charge in [0.2, 0.25) is 0 Å². The monoisotopic (exact) mass is 225 g/mol. The number of aromatic nitrogens is 3. The molecule has 3 unspecified atom stereocenters. The van der Waals surface area contributed by atoms with Crippen molar-refractivity contribution in [3.05, 3.63) is 11.6 Å². The highest BCUT2D eigenvalue weighted by Crippen LogP contribution is 2.52. The summed E-state index contributed by atoms with van der Waals surface area (Å²) in [7, 11) is 2.04. The van der Waals surface area contributed by atoms with Gasteiger partial charge in [0, 0.05) is 13.0 Å². The van der Waals surface area contributed by atoms with E-state index in [0.29, 0.717) is 11.8 Å². The van der Waals surface area contributed by atoms with Crippen LogP contribution in [0.1, 0.15) is 43.3 Å². The Labute approximate surface area is 94.8 Å². The quantitative estimate of drug-likeness (QED) is 0.724. The van der Waals surface area contributed by atoms with E-state index in [9.17, 15) is 0 Å². The molecule has 2 fully saturated rings. The van der Waals surface area contributed by atoms with E-state index in [1.54, 1.807) is 0 Å². The maximum absolute atomic E-state index is 5.81. The van der Waals surface area contributed by atoms with Crippen LogP contribution in [0.4, 0.5) is 0 Å². The van der Waals surface area contributed by atoms with Gasteiger partial charge >= 0.3 is 0 Å². The standard InChI is InChI=1S/C11H16ClN3/c1-15-10(6-12)13-14-11(15)9-5-7-2-3-8(9)4-7/h7-9H,2-6H2,1H3. The maximum Gasteiger partial charge on any atom is 0.147 e. The Hall–Kier alpha value is -0.570. The molecule has 3 atom stereocenters. The van der Waals surface area contributed by atoms with Crippen molar-refractivity contribution >= 4 is 11.6 Å². The number of alkyl halides is 1. The van der Waals surface area contributed by atoms with Crippen molar-refractivity contribution in [3.8, 4) is 0 Å². The molecule has 0 radical (unpaired) electrons. The van der Waals surface area contributed by atoms with Crippen LogP contribution in [0, 0.1) is 11.8 Å². The minimum Gasteiger partial charge on any atom is -0.317 e. The van der Waals surface area contributed by atoms with Crippen molar-refractivity contribution < 1.29 is 0 Å². The number of rotatable bonds is 2. The SMILES string of the molecule is Cn1c(CCl)nnc1C1CC2CCC1C2. The first-order valence-electron chi connectivity index (χ1n) is 5.73. The Bertz CT molecular complexity index is 374. The molecule has 0 amide bonds. The molecule has 3 rings (SSSR count). The van der Waals surface area contributed by atoms with Crippen LogP contribution in [0.2, 0.25) is 0 Å². The van der Waals surface area contributed by atoms with E-state index in [2.05, 4.69) is 14.8 Å². The van der Waals surface area contributed by atoms with Crippen molar-refractivity contribution in [2.24, 2.45) is 18.9 Å². The molecule has 0 N–H and O–H groups in total. The number of hydrogen-bond acceptors (Lipinski definition) is 2. The molecule has 2 bridgehead atoms. The summed E-state index contributed by atoms with van der Waals surface area (Å²) in [6.07, 6.45) is 5.55. The van der Waals surface area contributed by atoms with Gasteiger partial charge in [-0.3, -0.25) is 0 Å². The fourth-order valence-electron chi connectivity index (χ4n) is 3.38. The first-order valence-corrected chi connectivity index (χ1v) is 6.27. The zero-order chi connectivity index (χ0) is 10.4. The van der Waals surface area contributed by atoms with Gasteiger partial charge in [0.05, 0.1) is 5.88 Å². The third kappa shape index (κ3) is 1.40. The van der Waals surface area contributed by atoms with Crippen molar-refractivity contribution in [1.29, 1.82) is 0 Å². The average molecular weight is 226 g/mol. The molecule has 0 saturated heterocycles. The second-order valence-corrected chi connectivity index (χ2v) is 5.22. The summed E-state index contributed by atoms with van der Waals surface area (Å²) in [5, 5.41) is 8.46. The molecule has 0 aromatic carbocycles. The van der Waals surface area contributed by atoms with Crippen LogP contribution in [0.15, 0.2) is 0 Å². The fraction of sp³-hybridized carbons (Fsp3) is 0.818. The third-order valence-electron chi connectivity index (χ3n) is 4.19. The number of hydrogen-bond donors (Lipinski definition) is 0. The maximum atomic E-state index is 5.81. The molecule has 2 aliphatic carbocycles. The molecule has 1 heterocycles. The summed E-state index contributed by atoms with van der Waals surface area (Å²) >= 11 is 5.81. The molecule has 0 spiro atoms. The van der Waals surface area contributed by atoms with Crippen LogP contribution in [0.5, 0.6) is 0 Å². The van der Waals surface area contributed by atoms with Crippen molar-refractivity contribution in [1.82, 2.24) is 14.8 Å². The minimum atomic E-state index is 0.463. The van der Waals surface area contributed by atoms with Crippen molar-refractivity contribution in [2.75, 3.05) is 0 Å². The van der Waals surface area contributed by atoms with Gasteiger partial charge in [0.15, 0.2) is 0 Å². The van der Waals surface area contributed by atoms with Crippen molar-refractivity contribution in [3.63, 3.8) is 0 Å². The Morgan fingerprint density at radius 2 is 2.20 bits per heavy atom. The van der Waals surface area contributed by atoms with E-state index in [0.717, 1.165) is 23.5 Å². The van der Waals surface area contributed by atoms with Crippen LogP contribution >= 0.6 is 11.6 Å². The van der Waals surface area contributed by atoms with Gasteiger partial charge in [-0.25, -0.2) is 0 Å². The van der Waals surface area contributed by atoms with Crippen LogP contribution in [-0.4, -0.2) is 14.8 Å². The molecule has 4 heteroatoms. The van der Waals surface area contributed by atoms with Gasteiger partial charge in [-0.15, -0.1) is 21.8 Å². The molecule has 2 saturated carbocycles. The molecule has 0 aliphatic heterocycles. The lowest BCUT2D eigenvalue weighted by Gasteiger charge is -2.20. The molecule has 3 nitrogen and oxygen atoms in total. The lowest BCUT2D eigenvalue weighted by molar-refractivity contribution is 0.397. The van der Waals surface area contributed by atoms with Gasteiger partial charge in [0.1, 0.15) is 11.6 Å². The molecule has 15 heavy (non-hydrogen) atoms. The summed E-state index contributed by atoms with van der Waals surface area (Å²) in [6.45, 7) is 0. The zero-order valence-electron chi connectivity index (χ0n) is 8.99. The first-order chi connectivity index (χ1) is 7.29. The topological polar surface area (TPSA) is 30.7 Å². The Balaban J connectivity index is 1.90. The van der Waals surface area contributed by atoms with Gasteiger partial charge in [-0.2, -0.15) is 0 Å². The second-order valence-electron chi connectivity index (χ2n) is 4.95. The molecular weight excluding hydrogens is 210 g/mol. The number of nitrogens with zero attached hydrogens (tertiary/aromatic N) is 3. The second kappa shape index (κ2) is 3.48. The summed E-state index contributed by atoms with van der Waals surface area (Å²) in [6, 6.07) is 0. The van der Waals surface area contributed by atoms with Gasteiger partial charge < -0.3 is 4.57 Å². The summed E-state index contributed by atoms with van der Waals surface area (Å²) < 4.78 is 2.10. The molecule has 2 aliphatic rings. The lowest BCUT2D eigenvalue weighted by atomic mass is 9.88. The predicted octanol–water partition coefficient (Wildman–Crippen LogP) is 2.46.